The summed E-state index contributed by atoms with van der Waals surface area (Å²) in [6, 6.07) is 0.420. The van der Waals surface area contributed by atoms with Crippen LogP contribution in [0.2, 0.25) is 0 Å². The third kappa shape index (κ3) is 3.17. The zero-order valence-corrected chi connectivity index (χ0v) is 11.5. The lowest BCUT2D eigenvalue weighted by Crippen LogP contribution is -2.52. The van der Waals surface area contributed by atoms with E-state index in [0.717, 1.165) is 32.1 Å². The highest BCUT2D eigenvalue weighted by molar-refractivity contribution is 8.00. The Morgan fingerprint density at radius 3 is 2.61 bits per heavy atom. The number of thioether (sulfide) groups is 1. The summed E-state index contributed by atoms with van der Waals surface area (Å²) in [4.78, 5) is 23.0. The zero-order chi connectivity index (χ0) is 13.2. The minimum absolute atomic E-state index is 0.114. The van der Waals surface area contributed by atoms with Crippen molar-refractivity contribution in [2.75, 3.05) is 12.8 Å². The molecule has 2 aliphatic rings. The van der Waals surface area contributed by atoms with Gasteiger partial charge in [-0.05, 0) is 39.2 Å². The molecule has 0 aromatic rings. The second-order valence-corrected chi connectivity index (χ2v) is 6.50. The van der Waals surface area contributed by atoms with Crippen LogP contribution in [0.15, 0.2) is 0 Å². The molecule has 0 radical (unpaired) electrons. The molecule has 2 fully saturated rings. The maximum atomic E-state index is 11.6. The quantitative estimate of drug-likeness (QED) is 0.634. The van der Waals surface area contributed by atoms with Gasteiger partial charge in [0.25, 0.3) is 0 Å². The lowest BCUT2D eigenvalue weighted by molar-refractivity contribution is -0.124. The van der Waals surface area contributed by atoms with E-state index >= 15 is 0 Å². The van der Waals surface area contributed by atoms with E-state index in [-0.39, 0.29) is 11.8 Å². The fourth-order valence-corrected chi connectivity index (χ4v) is 3.56. The van der Waals surface area contributed by atoms with Crippen molar-refractivity contribution >= 4 is 23.6 Å². The third-order valence-corrected chi connectivity index (χ3v) is 5.11. The summed E-state index contributed by atoms with van der Waals surface area (Å²) < 4.78 is 0. The monoisotopic (exact) mass is 271 g/mol. The molecule has 0 spiro atoms. The molecule has 2 amide bonds. The molecule has 0 aromatic heterocycles. The van der Waals surface area contributed by atoms with Crippen molar-refractivity contribution in [3.05, 3.63) is 0 Å². The first-order valence-corrected chi connectivity index (χ1v) is 7.50. The summed E-state index contributed by atoms with van der Waals surface area (Å²) in [5.41, 5.74) is 4.88. The van der Waals surface area contributed by atoms with Gasteiger partial charge in [0.15, 0.2) is 0 Å². The first-order chi connectivity index (χ1) is 8.55. The highest BCUT2D eigenvalue weighted by Gasteiger charge is 2.43. The minimum atomic E-state index is -0.565. The zero-order valence-electron chi connectivity index (χ0n) is 10.7. The van der Waals surface area contributed by atoms with E-state index < -0.39 is 5.54 Å². The van der Waals surface area contributed by atoms with E-state index in [1.165, 1.54) is 0 Å². The number of amides is 2. The van der Waals surface area contributed by atoms with Gasteiger partial charge in [-0.1, -0.05) is 0 Å². The Kier molecular flexibility index (Phi) is 4.17. The van der Waals surface area contributed by atoms with Crippen LogP contribution in [-0.4, -0.2) is 41.4 Å². The van der Waals surface area contributed by atoms with Crippen LogP contribution in [0.25, 0.3) is 0 Å². The number of rotatable bonds is 6. The predicted octanol–water partition coefficient (Wildman–Crippen LogP) is -0.00580. The molecule has 0 bridgehead atoms. The summed E-state index contributed by atoms with van der Waals surface area (Å²) >= 11 is 1.64. The first kappa shape index (κ1) is 13.7. The fraction of sp³-hybridized carbons (Fsp3) is 0.833. The molecule has 6 heteroatoms. The maximum absolute atomic E-state index is 11.6. The molecule has 2 atom stereocenters. The van der Waals surface area contributed by atoms with Crippen LogP contribution < -0.4 is 16.4 Å². The van der Waals surface area contributed by atoms with Crippen molar-refractivity contribution in [3.63, 3.8) is 0 Å². The molecule has 4 N–H and O–H groups in total. The molecule has 0 saturated heterocycles. The number of likely N-dealkylation sites (N-methyl/N-ethyl adjacent to an activating group) is 1. The van der Waals surface area contributed by atoms with Crippen molar-refractivity contribution in [2.45, 2.75) is 48.9 Å². The number of hydrogen-bond acceptors (Lipinski definition) is 4. The van der Waals surface area contributed by atoms with Gasteiger partial charge in [-0.2, -0.15) is 0 Å². The summed E-state index contributed by atoms with van der Waals surface area (Å²) in [6.07, 6.45) is 4.65. The molecule has 18 heavy (non-hydrogen) atoms. The largest absolute Gasteiger partial charge is 0.368 e. The third-order valence-electron chi connectivity index (χ3n) is 3.81. The van der Waals surface area contributed by atoms with Crippen LogP contribution in [0.3, 0.4) is 0 Å². The molecule has 0 aromatic carbocycles. The van der Waals surface area contributed by atoms with E-state index in [2.05, 4.69) is 10.6 Å². The second-order valence-electron chi connectivity index (χ2n) is 5.21. The molecular weight excluding hydrogens is 250 g/mol. The van der Waals surface area contributed by atoms with Gasteiger partial charge in [-0.3, -0.25) is 9.59 Å². The van der Waals surface area contributed by atoms with Gasteiger partial charge in [0.1, 0.15) is 0 Å². The Labute approximate surface area is 112 Å². The van der Waals surface area contributed by atoms with Crippen molar-refractivity contribution < 1.29 is 9.59 Å². The van der Waals surface area contributed by atoms with E-state index in [4.69, 9.17) is 5.73 Å². The smallest absolute Gasteiger partial charge is 0.237 e. The van der Waals surface area contributed by atoms with Crippen LogP contribution in [0.4, 0.5) is 0 Å². The van der Waals surface area contributed by atoms with Gasteiger partial charge in [0.05, 0.1) is 11.3 Å². The van der Waals surface area contributed by atoms with E-state index in [1.54, 1.807) is 18.8 Å². The molecule has 102 valence electrons. The Morgan fingerprint density at radius 1 is 1.39 bits per heavy atom. The van der Waals surface area contributed by atoms with E-state index in [9.17, 15) is 9.59 Å². The molecule has 2 aliphatic carbocycles. The molecule has 0 aliphatic heterocycles. The number of nitrogens with one attached hydrogen (secondary N) is 2. The number of hydrogen-bond donors (Lipinski definition) is 3. The predicted molar refractivity (Wildman–Crippen MR) is 72.2 cm³/mol. The Hall–Kier alpha value is -0.750. The van der Waals surface area contributed by atoms with Gasteiger partial charge < -0.3 is 16.4 Å². The molecule has 0 heterocycles. The summed E-state index contributed by atoms with van der Waals surface area (Å²) in [5, 5.41) is 6.36. The standard InChI is InChI=1S/C12H21N3O2S/c1-14-12(11(13)17)5-4-9(6-12)18-7-10(16)15-8-2-3-8/h8-9,14H,2-7H2,1H3,(H2,13,17)(H,15,16). The normalized spacial score (nSPS) is 31.3. The second kappa shape index (κ2) is 5.48. The average molecular weight is 271 g/mol. The average Bonchev–Trinajstić information content (AvgIpc) is 3.04. The van der Waals surface area contributed by atoms with Crippen LogP contribution in [0, 0.1) is 0 Å². The Balaban J connectivity index is 1.74. The minimum Gasteiger partial charge on any atom is -0.368 e. The molecule has 2 saturated carbocycles. The lowest BCUT2D eigenvalue weighted by atomic mass is 9.97. The van der Waals surface area contributed by atoms with Crippen molar-refractivity contribution in [2.24, 2.45) is 5.73 Å². The molecule has 5 nitrogen and oxygen atoms in total. The van der Waals surface area contributed by atoms with Gasteiger partial charge in [0.2, 0.25) is 11.8 Å². The van der Waals surface area contributed by atoms with E-state index in [1.807, 2.05) is 0 Å². The van der Waals surface area contributed by atoms with Gasteiger partial charge in [0, 0.05) is 11.3 Å². The Bertz CT molecular complexity index is 346. The molecular formula is C12H21N3O2S. The number of carbonyl (C=O) groups excluding carboxylic acids is 2. The maximum Gasteiger partial charge on any atom is 0.237 e. The molecule has 2 unspecified atom stereocenters. The SMILES string of the molecule is CNC1(C(N)=O)CCC(SCC(=O)NC2CC2)C1. The Morgan fingerprint density at radius 2 is 2.11 bits per heavy atom. The summed E-state index contributed by atoms with van der Waals surface area (Å²) in [6.45, 7) is 0. The summed E-state index contributed by atoms with van der Waals surface area (Å²) in [7, 11) is 1.78. The van der Waals surface area contributed by atoms with Crippen molar-refractivity contribution in [3.8, 4) is 0 Å². The number of primary amides is 1. The van der Waals surface area contributed by atoms with Gasteiger partial charge in [-0.15, -0.1) is 11.8 Å². The van der Waals surface area contributed by atoms with Crippen LogP contribution in [0.5, 0.6) is 0 Å². The van der Waals surface area contributed by atoms with Crippen LogP contribution in [-0.2, 0) is 9.59 Å². The highest BCUT2D eigenvalue weighted by Crippen LogP contribution is 2.36. The van der Waals surface area contributed by atoms with Gasteiger partial charge >= 0.3 is 0 Å². The molecule has 2 rings (SSSR count). The van der Waals surface area contributed by atoms with E-state index in [0.29, 0.717) is 17.0 Å². The number of carbonyl (C=O) groups is 2. The summed E-state index contributed by atoms with van der Waals surface area (Å²) in [5.74, 6) is 0.318. The topological polar surface area (TPSA) is 84.2 Å². The van der Waals surface area contributed by atoms with Crippen molar-refractivity contribution in [1.82, 2.24) is 10.6 Å². The van der Waals surface area contributed by atoms with Gasteiger partial charge in [-0.25, -0.2) is 0 Å². The van der Waals surface area contributed by atoms with Crippen LogP contribution in [0.1, 0.15) is 32.1 Å². The fourth-order valence-electron chi connectivity index (χ4n) is 2.41. The highest BCUT2D eigenvalue weighted by atomic mass is 32.2. The van der Waals surface area contributed by atoms with Crippen LogP contribution >= 0.6 is 11.8 Å². The number of nitrogens with two attached hydrogens (primary N) is 1. The lowest BCUT2D eigenvalue weighted by Gasteiger charge is -2.24. The first-order valence-electron chi connectivity index (χ1n) is 6.45. The van der Waals surface area contributed by atoms with Crippen molar-refractivity contribution in [1.29, 1.82) is 0 Å².